The molecule has 76 valence electrons. The Kier molecular flexibility index (Phi) is 3.53. The van der Waals surface area contributed by atoms with Gasteiger partial charge in [-0.3, -0.25) is 5.10 Å². The molecule has 1 aromatic carbocycles. The number of hydrogen-bond acceptors (Lipinski definition) is 1. The number of aryl methyl sites for hydroxylation is 2. The molecular weight excluding hydrogens is 196 g/mol. The highest BCUT2D eigenvalue weighted by molar-refractivity contribution is 6.34. The average Bonchev–Trinajstić information content (AvgIpc) is 2.58. The maximum absolute atomic E-state index is 5.88. The zero-order chi connectivity index (χ0) is 10.7. The van der Waals surface area contributed by atoms with Crippen LogP contribution in [-0.2, 0) is 0 Å². The first-order chi connectivity index (χ1) is 6.70. The van der Waals surface area contributed by atoms with E-state index in [4.69, 9.17) is 11.6 Å². The molecule has 0 unspecified atom stereocenters. The summed E-state index contributed by atoms with van der Waals surface area (Å²) in [5.74, 6) is 0. The number of aromatic amines is 1. The maximum Gasteiger partial charge on any atom is 0.132 e. The minimum Gasteiger partial charge on any atom is -0.266 e. The summed E-state index contributed by atoms with van der Waals surface area (Å²) in [6, 6.07) is 4.04. The van der Waals surface area contributed by atoms with Crippen molar-refractivity contribution in [3.63, 3.8) is 0 Å². The summed E-state index contributed by atoms with van der Waals surface area (Å²) < 4.78 is 0. The van der Waals surface area contributed by atoms with E-state index in [0.29, 0.717) is 5.15 Å². The number of rotatable bonds is 0. The molecule has 0 fully saturated rings. The van der Waals surface area contributed by atoms with Gasteiger partial charge in [0.2, 0.25) is 0 Å². The lowest BCUT2D eigenvalue weighted by Crippen LogP contribution is -1.81. The first kappa shape index (κ1) is 11.1. The van der Waals surface area contributed by atoms with Gasteiger partial charge in [-0.2, -0.15) is 5.10 Å². The second kappa shape index (κ2) is 4.47. The molecule has 0 radical (unpaired) electrons. The van der Waals surface area contributed by atoms with E-state index in [1.165, 1.54) is 11.1 Å². The number of halogens is 1. The Morgan fingerprint density at radius 3 is 2.50 bits per heavy atom. The summed E-state index contributed by atoms with van der Waals surface area (Å²) in [7, 11) is 0. The van der Waals surface area contributed by atoms with Crippen molar-refractivity contribution in [3.05, 3.63) is 28.4 Å². The van der Waals surface area contributed by atoms with Crippen molar-refractivity contribution in [2.45, 2.75) is 27.7 Å². The molecule has 0 amide bonds. The van der Waals surface area contributed by atoms with E-state index < -0.39 is 0 Å². The fourth-order valence-corrected chi connectivity index (χ4v) is 1.48. The van der Waals surface area contributed by atoms with Crippen LogP contribution in [-0.4, -0.2) is 10.2 Å². The summed E-state index contributed by atoms with van der Waals surface area (Å²) >= 11 is 5.88. The van der Waals surface area contributed by atoms with Crippen LogP contribution in [0.15, 0.2) is 12.1 Å². The van der Waals surface area contributed by atoms with E-state index >= 15 is 0 Å². The summed E-state index contributed by atoms with van der Waals surface area (Å²) in [4.78, 5) is 0. The van der Waals surface area contributed by atoms with Crippen molar-refractivity contribution >= 4 is 22.5 Å². The molecule has 0 atom stereocenters. The highest BCUT2D eigenvalue weighted by Gasteiger charge is 2.05. The third kappa shape index (κ3) is 1.75. The summed E-state index contributed by atoms with van der Waals surface area (Å²) in [6.45, 7) is 8.12. The van der Waals surface area contributed by atoms with Gasteiger partial charge in [0.25, 0.3) is 0 Å². The van der Waals surface area contributed by atoms with Crippen LogP contribution in [0.3, 0.4) is 0 Å². The van der Waals surface area contributed by atoms with Gasteiger partial charge in [-0.25, -0.2) is 0 Å². The average molecular weight is 211 g/mol. The first-order valence-electron chi connectivity index (χ1n) is 4.80. The van der Waals surface area contributed by atoms with Gasteiger partial charge in [0.05, 0.1) is 5.52 Å². The second-order valence-corrected chi connectivity index (χ2v) is 3.32. The highest BCUT2D eigenvalue weighted by atomic mass is 35.5. The lowest BCUT2D eigenvalue weighted by atomic mass is 10.1. The fourth-order valence-electron chi connectivity index (χ4n) is 1.29. The molecule has 0 bridgehead atoms. The molecule has 1 aromatic heterocycles. The molecule has 1 heterocycles. The zero-order valence-electron chi connectivity index (χ0n) is 8.98. The van der Waals surface area contributed by atoms with Gasteiger partial charge in [-0.1, -0.05) is 31.5 Å². The Labute approximate surface area is 89.3 Å². The normalized spacial score (nSPS) is 9.79. The third-order valence-electron chi connectivity index (χ3n) is 2.20. The number of aromatic nitrogens is 2. The first-order valence-corrected chi connectivity index (χ1v) is 5.17. The lowest BCUT2D eigenvalue weighted by molar-refractivity contribution is 1.11. The smallest absolute Gasteiger partial charge is 0.132 e. The Morgan fingerprint density at radius 1 is 1.21 bits per heavy atom. The molecule has 2 nitrogen and oxygen atoms in total. The van der Waals surface area contributed by atoms with Crippen molar-refractivity contribution in [1.82, 2.24) is 10.2 Å². The molecule has 3 heteroatoms. The summed E-state index contributed by atoms with van der Waals surface area (Å²) in [5, 5.41) is 8.50. The van der Waals surface area contributed by atoms with Crippen LogP contribution in [0.1, 0.15) is 25.0 Å². The molecule has 1 N–H and O–H groups in total. The molecular formula is C11H15ClN2. The molecule has 0 aliphatic heterocycles. The lowest BCUT2D eigenvalue weighted by Gasteiger charge is -1.98. The Morgan fingerprint density at radius 2 is 1.86 bits per heavy atom. The van der Waals surface area contributed by atoms with Gasteiger partial charge in [-0.15, -0.1) is 0 Å². The molecule has 2 aromatic rings. The largest absolute Gasteiger partial charge is 0.266 e. The van der Waals surface area contributed by atoms with Crippen molar-refractivity contribution in [3.8, 4) is 0 Å². The highest BCUT2D eigenvalue weighted by Crippen LogP contribution is 2.24. The standard InChI is InChI=1S/C9H9ClN2.C2H6/c1-5-3-4-7-8(6(5)2)11-12-9(7)10;1-2/h3-4H,1-2H3,(H,11,12);1-2H3. The number of nitrogens with one attached hydrogen (secondary N) is 1. The third-order valence-corrected chi connectivity index (χ3v) is 2.49. The van der Waals surface area contributed by atoms with E-state index in [1.54, 1.807) is 0 Å². The number of nitrogens with zero attached hydrogens (tertiary/aromatic N) is 1. The zero-order valence-corrected chi connectivity index (χ0v) is 9.74. The van der Waals surface area contributed by atoms with Crippen LogP contribution in [0.2, 0.25) is 5.15 Å². The van der Waals surface area contributed by atoms with Gasteiger partial charge in [-0.05, 0) is 31.0 Å². The minimum absolute atomic E-state index is 0.619. The second-order valence-electron chi connectivity index (χ2n) is 2.94. The summed E-state index contributed by atoms with van der Waals surface area (Å²) in [5.41, 5.74) is 3.40. The molecule has 0 spiro atoms. The van der Waals surface area contributed by atoms with Gasteiger partial charge >= 0.3 is 0 Å². The van der Waals surface area contributed by atoms with Crippen molar-refractivity contribution in [2.75, 3.05) is 0 Å². The van der Waals surface area contributed by atoms with E-state index in [1.807, 2.05) is 19.9 Å². The van der Waals surface area contributed by atoms with E-state index in [0.717, 1.165) is 10.9 Å². The van der Waals surface area contributed by atoms with Gasteiger partial charge in [0, 0.05) is 5.39 Å². The van der Waals surface area contributed by atoms with Crippen molar-refractivity contribution < 1.29 is 0 Å². The molecule has 0 saturated heterocycles. The van der Waals surface area contributed by atoms with Crippen LogP contribution in [0.5, 0.6) is 0 Å². The number of hydrogen-bond donors (Lipinski definition) is 1. The van der Waals surface area contributed by atoms with Crippen LogP contribution in [0.4, 0.5) is 0 Å². The molecule has 2 rings (SSSR count). The Bertz CT molecular complexity index is 432. The van der Waals surface area contributed by atoms with Gasteiger partial charge in [0.1, 0.15) is 5.15 Å². The topological polar surface area (TPSA) is 28.7 Å². The van der Waals surface area contributed by atoms with Crippen LogP contribution < -0.4 is 0 Å². The number of benzene rings is 1. The van der Waals surface area contributed by atoms with Crippen LogP contribution >= 0.6 is 11.6 Å². The summed E-state index contributed by atoms with van der Waals surface area (Å²) in [6.07, 6.45) is 0. The molecule has 14 heavy (non-hydrogen) atoms. The molecule has 0 aliphatic carbocycles. The predicted molar refractivity (Wildman–Crippen MR) is 61.9 cm³/mol. The molecule has 0 saturated carbocycles. The molecule has 0 aliphatic rings. The maximum atomic E-state index is 5.88. The van der Waals surface area contributed by atoms with E-state index in [2.05, 4.69) is 30.1 Å². The van der Waals surface area contributed by atoms with E-state index in [-0.39, 0.29) is 0 Å². The van der Waals surface area contributed by atoms with Crippen molar-refractivity contribution in [1.29, 1.82) is 0 Å². The quantitative estimate of drug-likeness (QED) is 0.703. The SMILES string of the molecule is CC.Cc1ccc2c(Cl)[nH]nc2c1C. The van der Waals surface area contributed by atoms with Crippen LogP contribution in [0.25, 0.3) is 10.9 Å². The predicted octanol–water partition coefficient (Wildman–Crippen LogP) is 3.86. The Balaban J connectivity index is 0.000000461. The van der Waals surface area contributed by atoms with Crippen molar-refractivity contribution in [2.24, 2.45) is 0 Å². The van der Waals surface area contributed by atoms with E-state index in [9.17, 15) is 0 Å². The van der Waals surface area contributed by atoms with Gasteiger partial charge in [0.15, 0.2) is 0 Å². The van der Waals surface area contributed by atoms with Crippen LogP contribution in [0, 0.1) is 13.8 Å². The van der Waals surface area contributed by atoms with Gasteiger partial charge < -0.3 is 0 Å². The number of fused-ring (bicyclic) bond motifs is 1. The minimum atomic E-state index is 0.619. The monoisotopic (exact) mass is 210 g/mol. The Hall–Kier alpha value is -1.02. The number of H-pyrrole nitrogens is 1. The fraction of sp³-hybridized carbons (Fsp3) is 0.364.